The van der Waals surface area contributed by atoms with Gasteiger partial charge in [-0.3, -0.25) is 9.69 Å². The number of nitrogens with zero attached hydrogens (tertiary/aromatic N) is 1. The minimum atomic E-state index is -0.326. The lowest BCUT2D eigenvalue weighted by Gasteiger charge is -2.14. The van der Waals surface area contributed by atoms with Crippen molar-refractivity contribution in [3.8, 4) is 5.75 Å². The number of anilines is 1. The second-order valence-electron chi connectivity index (χ2n) is 4.88. The molecule has 6 heteroatoms. The van der Waals surface area contributed by atoms with Crippen LogP contribution in [-0.4, -0.2) is 18.1 Å². The highest BCUT2D eigenvalue weighted by Gasteiger charge is 2.31. The third-order valence-electron chi connectivity index (χ3n) is 3.39. The maximum absolute atomic E-state index is 12.9. The second-order valence-corrected chi connectivity index (χ2v) is 5.27. The van der Waals surface area contributed by atoms with Gasteiger partial charge in [0.2, 0.25) is 0 Å². The second kappa shape index (κ2) is 6.18. The summed E-state index contributed by atoms with van der Waals surface area (Å²) in [5.41, 5.74) is 1.70. The Kier molecular flexibility index (Phi) is 4.08. The number of amides is 1. The number of rotatable bonds is 3. The van der Waals surface area contributed by atoms with Gasteiger partial charge in [-0.05, 0) is 60.3 Å². The molecule has 2 aromatic rings. The maximum Gasteiger partial charge on any atom is 0.281 e. The quantitative estimate of drug-likeness (QED) is 0.694. The van der Waals surface area contributed by atoms with Gasteiger partial charge in [0.25, 0.3) is 5.91 Å². The van der Waals surface area contributed by atoms with Crippen molar-refractivity contribution in [2.75, 3.05) is 12.0 Å². The molecule has 0 aliphatic carbocycles. The molecular formula is C17H13FN2O2S. The van der Waals surface area contributed by atoms with Crippen molar-refractivity contribution in [3.63, 3.8) is 0 Å². The normalized spacial score (nSPS) is 15.9. The van der Waals surface area contributed by atoms with Crippen LogP contribution in [-0.2, 0) is 4.79 Å². The number of halogens is 1. The molecule has 116 valence electrons. The largest absolute Gasteiger partial charge is 0.497 e. The number of hydrogen-bond acceptors (Lipinski definition) is 3. The van der Waals surface area contributed by atoms with Crippen molar-refractivity contribution in [2.45, 2.75) is 0 Å². The topological polar surface area (TPSA) is 41.6 Å². The Morgan fingerprint density at radius 3 is 2.39 bits per heavy atom. The van der Waals surface area contributed by atoms with Crippen LogP contribution in [0.3, 0.4) is 0 Å². The van der Waals surface area contributed by atoms with Gasteiger partial charge in [-0.25, -0.2) is 4.39 Å². The van der Waals surface area contributed by atoms with E-state index in [1.165, 1.54) is 17.0 Å². The van der Waals surface area contributed by atoms with E-state index in [1.54, 1.807) is 49.6 Å². The first-order valence-corrected chi connectivity index (χ1v) is 7.26. The van der Waals surface area contributed by atoms with E-state index in [-0.39, 0.29) is 11.7 Å². The van der Waals surface area contributed by atoms with Crippen LogP contribution in [0, 0.1) is 5.82 Å². The van der Waals surface area contributed by atoms with Crippen molar-refractivity contribution < 1.29 is 13.9 Å². The van der Waals surface area contributed by atoms with E-state index in [4.69, 9.17) is 17.0 Å². The van der Waals surface area contributed by atoms with Crippen molar-refractivity contribution in [1.82, 2.24) is 5.32 Å². The van der Waals surface area contributed by atoms with Crippen molar-refractivity contribution in [1.29, 1.82) is 0 Å². The fraction of sp³-hybridized carbons (Fsp3) is 0.0588. The highest BCUT2D eigenvalue weighted by atomic mass is 32.1. The van der Waals surface area contributed by atoms with Crippen LogP contribution in [0.25, 0.3) is 6.08 Å². The van der Waals surface area contributed by atoms with E-state index in [2.05, 4.69) is 5.32 Å². The monoisotopic (exact) mass is 328 g/mol. The number of carbonyl (C=O) groups is 1. The third-order valence-corrected chi connectivity index (χ3v) is 3.67. The molecule has 1 aliphatic heterocycles. The fourth-order valence-electron chi connectivity index (χ4n) is 2.23. The zero-order chi connectivity index (χ0) is 16.4. The molecule has 23 heavy (non-hydrogen) atoms. The minimum Gasteiger partial charge on any atom is -0.497 e. The van der Waals surface area contributed by atoms with E-state index in [1.807, 2.05) is 0 Å². The number of benzene rings is 2. The Morgan fingerprint density at radius 1 is 1.13 bits per heavy atom. The van der Waals surface area contributed by atoms with E-state index in [0.717, 1.165) is 0 Å². The van der Waals surface area contributed by atoms with E-state index in [0.29, 0.717) is 27.8 Å². The van der Waals surface area contributed by atoms with Gasteiger partial charge in [0, 0.05) is 0 Å². The summed E-state index contributed by atoms with van der Waals surface area (Å²) < 4.78 is 18.0. The van der Waals surface area contributed by atoms with Gasteiger partial charge in [0.05, 0.1) is 12.8 Å². The molecule has 1 N–H and O–H groups in total. The predicted octanol–water partition coefficient (Wildman–Crippen LogP) is 3.10. The number of methoxy groups -OCH3 is 1. The Bertz CT molecular complexity index is 785. The number of ether oxygens (including phenoxy) is 1. The SMILES string of the molecule is COc1ccc(N2C(=O)C(=Cc3ccc(F)cc3)NC2=S)cc1. The molecule has 0 atom stereocenters. The van der Waals surface area contributed by atoms with Gasteiger partial charge in [0.1, 0.15) is 17.3 Å². The zero-order valence-electron chi connectivity index (χ0n) is 12.2. The predicted molar refractivity (Wildman–Crippen MR) is 90.6 cm³/mol. The Hall–Kier alpha value is -2.73. The Balaban J connectivity index is 1.88. The summed E-state index contributed by atoms with van der Waals surface area (Å²) in [6.45, 7) is 0. The lowest BCUT2D eigenvalue weighted by atomic mass is 10.2. The van der Waals surface area contributed by atoms with Gasteiger partial charge in [-0.15, -0.1) is 0 Å². The Labute approximate surface area is 138 Å². The van der Waals surface area contributed by atoms with E-state index in [9.17, 15) is 9.18 Å². The summed E-state index contributed by atoms with van der Waals surface area (Å²) in [6.07, 6.45) is 1.64. The van der Waals surface area contributed by atoms with Crippen LogP contribution in [0.1, 0.15) is 5.56 Å². The highest BCUT2D eigenvalue weighted by Crippen LogP contribution is 2.24. The molecule has 1 heterocycles. The molecule has 0 unspecified atom stereocenters. The van der Waals surface area contributed by atoms with Crippen LogP contribution in [0.4, 0.5) is 10.1 Å². The third kappa shape index (κ3) is 3.07. The van der Waals surface area contributed by atoms with Crippen molar-refractivity contribution >= 4 is 35.0 Å². The summed E-state index contributed by atoms with van der Waals surface area (Å²) in [5.74, 6) is 0.110. The molecule has 4 nitrogen and oxygen atoms in total. The smallest absolute Gasteiger partial charge is 0.281 e. The molecular weight excluding hydrogens is 315 g/mol. The molecule has 3 rings (SSSR count). The van der Waals surface area contributed by atoms with E-state index >= 15 is 0 Å². The number of nitrogens with one attached hydrogen (secondary N) is 1. The summed E-state index contributed by atoms with van der Waals surface area (Å²) in [6, 6.07) is 12.9. The van der Waals surface area contributed by atoms with Crippen LogP contribution in [0.5, 0.6) is 5.75 Å². The molecule has 0 bridgehead atoms. The summed E-state index contributed by atoms with van der Waals surface area (Å²) in [4.78, 5) is 14.0. The maximum atomic E-state index is 12.9. The first-order chi connectivity index (χ1) is 11.1. The van der Waals surface area contributed by atoms with Crippen molar-refractivity contribution in [3.05, 3.63) is 65.6 Å². The van der Waals surface area contributed by atoms with Gasteiger partial charge in [-0.1, -0.05) is 12.1 Å². The summed E-state index contributed by atoms with van der Waals surface area (Å²) in [5, 5.41) is 3.19. The average Bonchev–Trinajstić information content (AvgIpc) is 2.84. The van der Waals surface area contributed by atoms with Gasteiger partial charge in [-0.2, -0.15) is 0 Å². The number of thiocarbonyl (C=S) groups is 1. The first kappa shape index (κ1) is 15.2. The van der Waals surface area contributed by atoms with Gasteiger partial charge in [0.15, 0.2) is 5.11 Å². The minimum absolute atomic E-state index is 0.260. The summed E-state index contributed by atoms with van der Waals surface area (Å²) in [7, 11) is 1.58. The molecule has 0 saturated carbocycles. The molecule has 1 fully saturated rings. The number of carbonyl (C=O) groups excluding carboxylic acids is 1. The molecule has 1 amide bonds. The zero-order valence-corrected chi connectivity index (χ0v) is 13.1. The highest BCUT2D eigenvalue weighted by molar-refractivity contribution is 7.80. The molecule has 0 radical (unpaired) electrons. The van der Waals surface area contributed by atoms with Gasteiger partial charge >= 0.3 is 0 Å². The van der Waals surface area contributed by atoms with Crippen LogP contribution in [0.15, 0.2) is 54.2 Å². The van der Waals surface area contributed by atoms with E-state index < -0.39 is 0 Å². The lowest BCUT2D eigenvalue weighted by molar-refractivity contribution is -0.113. The van der Waals surface area contributed by atoms with Crippen LogP contribution < -0.4 is 15.0 Å². The van der Waals surface area contributed by atoms with Crippen molar-refractivity contribution in [2.24, 2.45) is 0 Å². The molecule has 2 aromatic carbocycles. The first-order valence-electron chi connectivity index (χ1n) is 6.85. The fourth-order valence-corrected chi connectivity index (χ4v) is 2.52. The standard InChI is InChI=1S/C17H13FN2O2S/c1-22-14-8-6-13(7-9-14)20-16(21)15(19-17(20)23)10-11-2-4-12(18)5-3-11/h2-10H,1H3,(H,19,23). The molecule has 1 aliphatic rings. The molecule has 1 saturated heterocycles. The lowest BCUT2D eigenvalue weighted by Crippen LogP contribution is -2.30. The molecule has 0 aromatic heterocycles. The average molecular weight is 328 g/mol. The molecule has 0 spiro atoms. The van der Waals surface area contributed by atoms with Crippen LogP contribution in [0.2, 0.25) is 0 Å². The summed E-state index contributed by atoms with van der Waals surface area (Å²) >= 11 is 5.24. The van der Waals surface area contributed by atoms with Crippen LogP contribution >= 0.6 is 12.2 Å². The van der Waals surface area contributed by atoms with Gasteiger partial charge < -0.3 is 10.1 Å². The Morgan fingerprint density at radius 2 is 1.78 bits per heavy atom. The number of hydrogen-bond donors (Lipinski definition) is 1.